The molecule has 0 saturated carbocycles. The molecule has 2 aliphatic rings. The zero-order valence-corrected chi connectivity index (χ0v) is 18.0. The highest BCUT2D eigenvalue weighted by molar-refractivity contribution is 6.08. The molecule has 0 radical (unpaired) electrons. The van der Waals surface area contributed by atoms with Gasteiger partial charge in [-0.15, -0.1) is 0 Å². The molecular weight excluding hydrogens is 412 g/mol. The number of carbonyl (C=O) groups excluding carboxylic acids is 2. The van der Waals surface area contributed by atoms with E-state index in [0.717, 1.165) is 10.5 Å². The zero-order valence-electron chi connectivity index (χ0n) is 18.0. The predicted octanol–water partition coefficient (Wildman–Crippen LogP) is 2.70. The summed E-state index contributed by atoms with van der Waals surface area (Å²) in [7, 11) is 1.54. The van der Waals surface area contributed by atoms with Crippen molar-refractivity contribution in [2.75, 3.05) is 26.9 Å². The number of fused-ring (bicyclic) bond motifs is 2. The van der Waals surface area contributed by atoms with Crippen molar-refractivity contribution in [3.8, 4) is 17.2 Å². The number of carbonyl (C=O) groups is 2. The van der Waals surface area contributed by atoms with Gasteiger partial charge in [-0.2, -0.15) is 0 Å². The summed E-state index contributed by atoms with van der Waals surface area (Å²) < 4.78 is 16.7. The minimum absolute atomic E-state index is 0.108. The van der Waals surface area contributed by atoms with Crippen LogP contribution in [0.1, 0.15) is 24.5 Å². The summed E-state index contributed by atoms with van der Waals surface area (Å²) in [5.74, 6) is 1.17. The van der Waals surface area contributed by atoms with Gasteiger partial charge in [-0.25, -0.2) is 4.79 Å². The third kappa shape index (κ3) is 3.89. The van der Waals surface area contributed by atoms with Crippen LogP contribution >= 0.6 is 0 Å². The quantitative estimate of drug-likeness (QED) is 0.645. The summed E-state index contributed by atoms with van der Waals surface area (Å²) in [4.78, 5) is 27.0. The van der Waals surface area contributed by atoms with E-state index in [-0.39, 0.29) is 13.2 Å². The molecule has 2 unspecified atom stereocenters. The topological polar surface area (TPSA) is 97.3 Å². The van der Waals surface area contributed by atoms with Crippen molar-refractivity contribution >= 4 is 18.0 Å². The molecule has 4 rings (SSSR count). The normalized spacial score (nSPS) is 20.8. The van der Waals surface area contributed by atoms with Gasteiger partial charge in [0.1, 0.15) is 18.5 Å². The number of hydrogen-bond acceptors (Lipinski definition) is 6. The monoisotopic (exact) mass is 438 g/mol. The van der Waals surface area contributed by atoms with E-state index in [1.165, 1.54) is 7.11 Å². The number of amides is 3. The second kappa shape index (κ2) is 8.92. The Morgan fingerprint density at radius 3 is 2.84 bits per heavy atom. The fourth-order valence-corrected chi connectivity index (χ4v) is 4.09. The van der Waals surface area contributed by atoms with Crippen LogP contribution in [0.3, 0.4) is 0 Å². The van der Waals surface area contributed by atoms with Crippen LogP contribution in [0, 0.1) is 0 Å². The van der Waals surface area contributed by atoms with Crippen molar-refractivity contribution < 1.29 is 28.9 Å². The van der Waals surface area contributed by atoms with Crippen LogP contribution in [0.5, 0.6) is 17.2 Å². The molecule has 0 aromatic heterocycles. The fraction of sp³-hybridized carbons (Fsp3) is 0.333. The van der Waals surface area contributed by atoms with E-state index < -0.39 is 23.6 Å². The van der Waals surface area contributed by atoms with E-state index in [9.17, 15) is 14.7 Å². The number of nitrogens with zero attached hydrogens (tertiary/aromatic N) is 1. The van der Waals surface area contributed by atoms with Gasteiger partial charge in [0, 0.05) is 12.0 Å². The van der Waals surface area contributed by atoms with E-state index in [4.69, 9.17) is 14.2 Å². The number of benzene rings is 2. The number of nitrogens with one attached hydrogen (secondary N) is 1. The molecule has 0 aliphatic carbocycles. The van der Waals surface area contributed by atoms with Gasteiger partial charge in [-0.05, 0) is 30.7 Å². The Morgan fingerprint density at radius 1 is 1.25 bits per heavy atom. The molecule has 2 aliphatic heterocycles. The summed E-state index contributed by atoms with van der Waals surface area (Å²) in [6.45, 7) is 1.94. The second-order valence-electron chi connectivity index (χ2n) is 7.72. The molecule has 0 bridgehead atoms. The summed E-state index contributed by atoms with van der Waals surface area (Å²) in [6.07, 6.45) is 3.10. The average Bonchev–Trinajstić information content (AvgIpc) is 3.03. The first kappa shape index (κ1) is 21.7. The van der Waals surface area contributed by atoms with Crippen LogP contribution in [0.2, 0.25) is 0 Å². The van der Waals surface area contributed by atoms with Gasteiger partial charge in [-0.1, -0.05) is 36.4 Å². The van der Waals surface area contributed by atoms with Crippen molar-refractivity contribution in [2.24, 2.45) is 0 Å². The number of methoxy groups -OCH3 is 1. The summed E-state index contributed by atoms with van der Waals surface area (Å²) in [5.41, 5.74) is 0.417. The average molecular weight is 438 g/mol. The van der Waals surface area contributed by atoms with E-state index in [2.05, 4.69) is 5.32 Å². The van der Waals surface area contributed by atoms with Crippen LogP contribution in [0.25, 0.3) is 6.08 Å². The Balaban J connectivity index is 1.44. The van der Waals surface area contributed by atoms with E-state index in [1.54, 1.807) is 24.3 Å². The molecule has 2 N–H and O–H groups in total. The van der Waals surface area contributed by atoms with E-state index in [1.807, 2.05) is 37.3 Å². The van der Waals surface area contributed by atoms with Gasteiger partial charge in [0.15, 0.2) is 17.0 Å². The highest BCUT2D eigenvalue weighted by atomic mass is 16.5. The number of hydrogen-bond donors (Lipinski definition) is 2. The number of aliphatic hydroxyl groups is 1. The minimum Gasteiger partial charge on any atom is -0.493 e. The lowest BCUT2D eigenvalue weighted by atomic mass is 9.84. The molecule has 1 saturated heterocycles. The van der Waals surface area contributed by atoms with Crippen LogP contribution < -0.4 is 19.5 Å². The number of urea groups is 1. The third-order valence-electron chi connectivity index (χ3n) is 5.63. The van der Waals surface area contributed by atoms with Crippen molar-refractivity contribution in [2.45, 2.75) is 25.0 Å². The van der Waals surface area contributed by atoms with Gasteiger partial charge in [0.05, 0.1) is 20.3 Å². The molecule has 3 amide bonds. The van der Waals surface area contributed by atoms with Crippen molar-refractivity contribution in [1.82, 2.24) is 10.2 Å². The Hall–Kier alpha value is -3.52. The number of aliphatic hydroxyl groups excluding tert-OH is 1. The molecular formula is C24H26N2O6. The zero-order chi connectivity index (χ0) is 22.7. The number of para-hydroxylation sites is 1. The largest absolute Gasteiger partial charge is 0.493 e. The van der Waals surface area contributed by atoms with Gasteiger partial charge < -0.3 is 24.6 Å². The lowest BCUT2D eigenvalue weighted by molar-refractivity contribution is -0.133. The summed E-state index contributed by atoms with van der Waals surface area (Å²) >= 11 is 0. The van der Waals surface area contributed by atoms with Gasteiger partial charge in [-0.3, -0.25) is 9.69 Å². The maximum absolute atomic E-state index is 13.3. The van der Waals surface area contributed by atoms with Crippen LogP contribution in [0.15, 0.2) is 48.5 Å². The minimum atomic E-state index is -1.17. The molecule has 8 heteroatoms. The highest BCUT2D eigenvalue weighted by Crippen LogP contribution is 2.41. The van der Waals surface area contributed by atoms with Crippen LogP contribution in [-0.4, -0.2) is 54.9 Å². The van der Waals surface area contributed by atoms with Crippen LogP contribution in [0.4, 0.5) is 4.79 Å². The predicted molar refractivity (Wildman–Crippen MR) is 118 cm³/mol. The highest BCUT2D eigenvalue weighted by Gasteiger charge is 2.55. The van der Waals surface area contributed by atoms with Gasteiger partial charge in [0.2, 0.25) is 0 Å². The lowest BCUT2D eigenvalue weighted by Crippen LogP contribution is -2.48. The fourth-order valence-electron chi connectivity index (χ4n) is 4.09. The number of ether oxygens (including phenoxy) is 3. The molecule has 168 valence electrons. The first-order valence-corrected chi connectivity index (χ1v) is 10.5. The number of rotatable bonds is 7. The molecule has 8 nitrogen and oxygen atoms in total. The van der Waals surface area contributed by atoms with Crippen molar-refractivity contribution in [3.05, 3.63) is 59.7 Å². The second-order valence-corrected chi connectivity index (χ2v) is 7.72. The number of imide groups is 1. The lowest BCUT2D eigenvalue weighted by Gasteiger charge is -2.33. The SMILES string of the molecule is C/C=C/c1ccc(OCC(O)CN2C(=O)NC3(CCOc4ccccc43)C2=O)c(OC)c1. The molecule has 32 heavy (non-hydrogen) atoms. The van der Waals surface area contributed by atoms with Crippen molar-refractivity contribution in [3.63, 3.8) is 0 Å². The maximum Gasteiger partial charge on any atom is 0.325 e. The molecule has 1 spiro atoms. The Labute approximate surface area is 186 Å². The standard InChI is InChI=1S/C24H26N2O6/c1-3-6-16-9-10-20(21(13-16)30-2)32-15-17(27)14-26-22(28)24(25-23(26)29)11-12-31-19-8-5-4-7-18(19)24/h3-10,13,17,27H,11-12,14-15H2,1-2H3,(H,25,29)/b6-3+. The maximum atomic E-state index is 13.3. The smallest absolute Gasteiger partial charge is 0.325 e. The van der Waals surface area contributed by atoms with E-state index >= 15 is 0 Å². The van der Waals surface area contributed by atoms with E-state index in [0.29, 0.717) is 35.8 Å². The van der Waals surface area contributed by atoms with Crippen molar-refractivity contribution in [1.29, 1.82) is 0 Å². The third-order valence-corrected chi connectivity index (χ3v) is 5.63. The van der Waals surface area contributed by atoms with Gasteiger partial charge >= 0.3 is 6.03 Å². The molecule has 2 aromatic carbocycles. The number of allylic oxidation sites excluding steroid dienone is 1. The van der Waals surface area contributed by atoms with Crippen LogP contribution in [-0.2, 0) is 10.3 Å². The first-order valence-electron chi connectivity index (χ1n) is 10.5. The molecule has 2 atom stereocenters. The Bertz CT molecular complexity index is 1050. The molecule has 2 heterocycles. The Morgan fingerprint density at radius 2 is 2.06 bits per heavy atom. The summed E-state index contributed by atoms with van der Waals surface area (Å²) in [6, 6.07) is 12.1. The Kier molecular flexibility index (Phi) is 6.05. The number of β-amino-alcohol motifs (C(OH)–C–C–N with tert-alkyl or cyclic N) is 1. The summed E-state index contributed by atoms with van der Waals surface area (Å²) in [5, 5.41) is 13.3. The molecule has 1 fully saturated rings. The van der Waals surface area contributed by atoms with Gasteiger partial charge in [0.25, 0.3) is 5.91 Å². The molecule has 2 aromatic rings. The first-order chi connectivity index (χ1) is 15.5.